The molecule has 69 heavy (non-hydrogen) atoms. The lowest BCUT2D eigenvalue weighted by Gasteiger charge is -2.39. The highest BCUT2D eigenvalue weighted by Crippen LogP contribution is 2.32. The van der Waals surface area contributed by atoms with E-state index in [1.807, 2.05) is 19.1 Å². The minimum absolute atomic E-state index is 0.178. The number of benzene rings is 4. The molecular weight excluding hydrogens is 897 g/mol. The molecule has 2 aliphatic rings. The van der Waals surface area contributed by atoms with E-state index in [9.17, 15) is 50.4 Å². The second-order valence-electron chi connectivity index (χ2n) is 16.0. The van der Waals surface area contributed by atoms with Gasteiger partial charge in [-0.05, 0) is 120 Å². The number of hydrogen-bond acceptors (Lipinski definition) is 17. The number of carbonyl (C=O) groups is 2. The van der Waals surface area contributed by atoms with E-state index in [0.717, 1.165) is 33.5 Å². The first-order chi connectivity index (χ1) is 33.1. The van der Waals surface area contributed by atoms with Gasteiger partial charge < -0.3 is 76.0 Å². The van der Waals surface area contributed by atoms with E-state index >= 15 is 0 Å². The predicted molar refractivity (Wildman–Crippen MR) is 250 cm³/mol. The summed E-state index contributed by atoms with van der Waals surface area (Å²) in [6, 6.07) is 31.1. The Kier molecular flexibility index (Phi) is 17.9. The van der Waals surface area contributed by atoms with Crippen LogP contribution in [0.15, 0.2) is 134 Å². The molecule has 364 valence electrons. The van der Waals surface area contributed by atoms with Gasteiger partial charge in [-0.25, -0.2) is 4.79 Å². The van der Waals surface area contributed by atoms with Gasteiger partial charge in [-0.3, -0.25) is 14.8 Å². The van der Waals surface area contributed by atoms with Crippen LogP contribution in [0.5, 0.6) is 11.5 Å². The topological polar surface area (TPSA) is 317 Å². The Bertz CT molecular complexity index is 2620. The summed E-state index contributed by atoms with van der Waals surface area (Å²) in [4.78, 5) is 31.5. The number of rotatable bonds is 11. The average molecular weight is 951 g/mol. The zero-order valence-corrected chi connectivity index (χ0v) is 37.3. The van der Waals surface area contributed by atoms with Gasteiger partial charge in [-0.1, -0.05) is 36.4 Å². The molecule has 0 saturated carbocycles. The van der Waals surface area contributed by atoms with E-state index < -0.39 is 80.6 Å². The number of carboxylic acids is 1. The summed E-state index contributed by atoms with van der Waals surface area (Å²) in [6.45, 7) is 2.50. The lowest BCUT2D eigenvalue weighted by molar-refractivity contribution is -0.277. The summed E-state index contributed by atoms with van der Waals surface area (Å²) >= 11 is 0. The van der Waals surface area contributed by atoms with Crippen molar-refractivity contribution in [3.8, 4) is 33.8 Å². The fourth-order valence-corrected chi connectivity index (χ4v) is 7.18. The van der Waals surface area contributed by atoms with Gasteiger partial charge in [-0.15, -0.1) is 0 Å². The van der Waals surface area contributed by atoms with Crippen molar-refractivity contribution < 1.29 is 74.5 Å². The van der Waals surface area contributed by atoms with E-state index in [2.05, 4.69) is 15.3 Å². The molecule has 4 heterocycles. The predicted octanol–water partition coefficient (Wildman–Crippen LogP) is 2.69. The first kappa shape index (κ1) is 51.5. The molecule has 4 aromatic carbocycles. The third-order valence-electron chi connectivity index (χ3n) is 11.1. The molecule has 6 aromatic rings. The highest BCUT2D eigenvalue weighted by molar-refractivity contribution is 6.05. The van der Waals surface area contributed by atoms with Crippen LogP contribution in [0.25, 0.3) is 22.3 Å². The Labute approximate surface area is 396 Å². The molecule has 0 spiro atoms. The second-order valence-corrected chi connectivity index (χ2v) is 16.0. The van der Waals surface area contributed by atoms with Crippen molar-refractivity contribution in [3.63, 3.8) is 0 Å². The van der Waals surface area contributed by atoms with Crippen molar-refractivity contribution in [2.75, 3.05) is 24.3 Å². The number of nitrogens with two attached hydrogens (primary N) is 1. The van der Waals surface area contributed by atoms with Gasteiger partial charge in [0.25, 0.3) is 5.91 Å². The van der Waals surface area contributed by atoms with E-state index in [1.54, 1.807) is 123 Å². The van der Waals surface area contributed by atoms with Crippen LogP contribution in [-0.4, -0.2) is 142 Å². The summed E-state index contributed by atoms with van der Waals surface area (Å²) in [7, 11) is 0. The lowest BCUT2D eigenvalue weighted by atomic mass is 9.99. The van der Waals surface area contributed by atoms with Gasteiger partial charge in [0.1, 0.15) is 60.3 Å². The Balaban J connectivity index is 0.000000201. The monoisotopic (exact) mass is 950 g/mol. The zero-order chi connectivity index (χ0) is 49.8. The molecule has 2 saturated heterocycles. The summed E-state index contributed by atoms with van der Waals surface area (Å²) < 4.78 is 22.2. The zero-order valence-electron chi connectivity index (χ0n) is 37.3. The van der Waals surface area contributed by atoms with E-state index in [-0.39, 0.29) is 11.5 Å². The van der Waals surface area contributed by atoms with Gasteiger partial charge in [0.2, 0.25) is 12.6 Å². The summed E-state index contributed by atoms with van der Waals surface area (Å²) in [5.74, 6) is -0.476. The molecule has 0 aliphatic carbocycles. The van der Waals surface area contributed by atoms with Crippen LogP contribution in [0.4, 0.5) is 11.4 Å². The molecule has 19 heteroatoms. The number of aromatic carboxylic acids is 1. The third kappa shape index (κ3) is 13.2. The third-order valence-corrected chi connectivity index (χ3v) is 11.1. The number of carboxylic acid groups (broad SMARTS) is 1. The quantitative estimate of drug-likeness (QED) is 0.0889. The molecule has 10 unspecified atom stereocenters. The maximum Gasteiger partial charge on any atom is 0.335 e. The van der Waals surface area contributed by atoms with Crippen molar-refractivity contribution >= 4 is 23.3 Å². The number of hydrogen-bond donors (Lipinski definition) is 11. The smallest absolute Gasteiger partial charge is 0.335 e. The molecule has 2 aliphatic heterocycles. The molecule has 2 aromatic heterocycles. The number of aromatic nitrogens is 2. The number of amides is 1. The van der Waals surface area contributed by atoms with Crippen molar-refractivity contribution in [1.82, 2.24) is 9.97 Å². The standard InChI is InChI=1S/C25H26N2O7.C20H22O8.C5H6N2/c1-14-11-16(5-6-19(14)33-25-23(31)22(30)21(29)20(13-28)34-25)15-3-2-4-17(12-15)24(32)27-18-7-9-26-10-8-18;1-10-7-12(11-3-2-4-13(8-11)19(25)26)5-6-14(10)27-20-18(24)17(23)16(22)15(9-21)28-20;6-5-1-3-7-4-2-5/h2-12,20-23,25,28-31H,13H2,1H3,(H,26,27,32);2-8,15-18,20-24H,9H2,1H3,(H,25,26);1-4H,(H2,6,7). The minimum Gasteiger partial charge on any atom is -0.478 e. The maximum absolute atomic E-state index is 12.6. The minimum atomic E-state index is -1.52. The van der Waals surface area contributed by atoms with Crippen LogP contribution >= 0.6 is 0 Å². The number of nitrogens with zero attached hydrogens (tertiary/aromatic N) is 2. The summed E-state index contributed by atoms with van der Waals surface area (Å²) in [5, 5.41) is 90.4. The number of aliphatic hydroxyl groups excluding tert-OH is 8. The molecule has 10 atom stereocenters. The Morgan fingerprint density at radius 1 is 0.565 bits per heavy atom. The van der Waals surface area contributed by atoms with Crippen LogP contribution in [-0.2, 0) is 9.47 Å². The molecule has 2 fully saturated rings. The fraction of sp³-hybridized carbons (Fsp3) is 0.280. The van der Waals surface area contributed by atoms with E-state index in [1.165, 1.54) is 6.07 Å². The van der Waals surface area contributed by atoms with Gasteiger partial charge in [0.05, 0.1) is 18.8 Å². The Morgan fingerprint density at radius 3 is 1.39 bits per heavy atom. The number of carbonyl (C=O) groups excluding carboxylic acids is 1. The number of nitrogens with one attached hydrogen (secondary N) is 1. The molecule has 1 amide bonds. The second kappa shape index (κ2) is 23.9. The Hall–Kier alpha value is -6.88. The number of aryl methyl sites for hydroxylation is 2. The highest BCUT2D eigenvalue weighted by Gasteiger charge is 2.46. The normalized spacial score (nSPS) is 24.0. The summed E-state index contributed by atoms with van der Waals surface area (Å²) in [6.07, 6.45) is -7.05. The fourth-order valence-electron chi connectivity index (χ4n) is 7.18. The van der Waals surface area contributed by atoms with Gasteiger partial charge >= 0.3 is 5.97 Å². The number of ether oxygens (including phenoxy) is 4. The molecule has 8 rings (SSSR count). The van der Waals surface area contributed by atoms with Crippen LogP contribution in [0.2, 0.25) is 0 Å². The number of pyridine rings is 2. The van der Waals surface area contributed by atoms with Crippen LogP contribution < -0.4 is 20.5 Å². The van der Waals surface area contributed by atoms with Gasteiger partial charge in [-0.2, -0.15) is 0 Å². The highest BCUT2D eigenvalue weighted by atomic mass is 16.7. The van der Waals surface area contributed by atoms with Crippen molar-refractivity contribution in [2.24, 2.45) is 0 Å². The number of nitrogen functional groups attached to an aromatic ring is 1. The van der Waals surface area contributed by atoms with Crippen molar-refractivity contribution in [3.05, 3.63) is 156 Å². The lowest BCUT2D eigenvalue weighted by Crippen LogP contribution is -2.60. The SMILES string of the molecule is Cc1cc(-c2cccc(C(=O)Nc3ccncc3)c2)ccc1OC1OC(CO)C(O)C(O)C1O.Cc1cc(-c2cccc(C(=O)O)c2)ccc1OC1OC(CO)C(O)C(O)C1O.Nc1ccncc1. The van der Waals surface area contributed by atoms with Gasteiger partial charge in [0, 0.05) is 41.7 Å². The number of aliphatic hydroxyl groups is 8. The average Bonchev–Trinajstić information content (AvgIpc) is 3.36. The van der Waals surface area contributed by atoms with Crippen molar-refractivity contribution in [2.45, 2.75) is 75.3 Å². The van der Waals surface area contributed by atoms with Crippen molar-refractivity contribution in [1.29, 1.82) is 0 Å². The first-order valence-corrected chi connectivity index (χ1v) is 21.5. The number of anilines is 2. The molecule has 12 N–H and O–H groups in total. The molecule has 0 radical (unpaired) electrons. The summed E-state index contributed by atoms with van der Waals surface area (Å²) in [5.41, 5.74) is 12.0. The Morgan fingerprint density at radius 2 is 0.986 bits per heavy atom. The first-order valence-electron chi connectivity index (χ1n) is 21.5. The van der Waals surface area contributed by atoms with E-state index in [4.69, 9.17) is 29.8 Å². The maximum atomic E-state index is 12.6. The largest absolute Gasteiger partial charge is 0.478 e. The van der Waals surface area contributed by atoms with Crippen LogP contribution in [0.3, 0.4) is 0 Å². The van der Waals surface area contributed by atoms with Gasteiger partial charge in [0.15, 0.2) is 0 Å². The molecule has 19 nitrogen and oxygen atoms in total. The van der Waals surface area contributed by atoms with E-state index in [0.29, 0.717) is 28.3 Å². The van der Waals surface area contributed by atoms with Crippen LogP contribution in [0.1, 0.15) is 31.8 Å². The molecule has 0 bridgehead atoms. The molecular formula is C50H54N4O15. The van der Waals surface area contributed by atoms with Crippen LogP contribution in [0, 0.1) is 13.8 Å².